The summed E-state index contributed by atoms with van der Waals surface area (Å²) in [6, 6.07) is 0. The first-order chi connectivity index (χ1) is 8.36. The molecule has 0 aliphatic rings. The first-order valence-electron chi connectivity index (χ1n) is 5.01. The first kappa shape index (κ1) is 24.3. The van der Waals surface area contributed by atoms with Gasteiger partial charge in [-0.15, -0.1) is 0 Å². The number of carbonyl (C=O) groups excluding carboxylic acids is 2. The van der Waals surface area contributed by atoms with E-state index < -0.39 is 24.1 Å². The molecule has 0 aromatic heterocycles. The third-order valence-corrected chi connectivity index (χ3v) is 2.13. The Morgan fingerprint density at radius 3 is 1.37 bits per heavy atom. The quantitative estimate of drug-likeness (QED) is 0.365. The van der Waals surface area contributed by atoms with E-state index in [0.29, 0.717) is 12.8 Å². The molecule has 0 aromatic rings. The predicted molar refractivity (Wildman–Crippen MR) is 73.6 cm³/mol. The normalized spacial score (nSPS) is 11.9. The fourth-order valence-electron chi connectivity index (χ4n) is 0.688. The number of aliphatic hydroxyl groups excluding tert-OH is 2. The van der Waals surface area contributed by atoms with Gasteiger partial charge in [-0.25, -0.2) is 0 Å². The van der Waals surface area contributed by atoms with Crippen LogP contribution < -0.4 is 10.2 Å². The second-order valence-electron chi connectivity index (χ2n) is 3.16. The molecule has 2 unspecified atom stereocenters. The molecule has 104 valence electrons. The number of carboxylic acids is 2. The molecule has 0 saturated heterocycles. The van der Waals surface area contributed by atoms with E-state index in [2.05, 4.69) is 24.4 Å². The van der Waals surface area contributed by atoms with Crippen LogP contribution in [0.3, 0.4) is 0 Å². The van der Waals surface area contributed by atoms with Gasteiger partial charge in [-0.1, -0.05) is 24.4 Å². The summed E-state index contributed by atoms with van der Waals surface area (Å²) in [5.74, 6) is -2.88. The Morgan fingerprint density at radius 2 is 1.21 bits per heavy atom. The van der Waals surface area contributed by atoms with Crippen molar-refractivity contribution in [1.82, 2.24) is 0 Å². The van der Waals surface area contributed by atoms with Crippen LogP contribution in [0.1, 0.15) is 25.7 Å². The Kier molecular flexibility index (Phi) is 20.9. The van der Waals surface area contributed by atoms with Gasteiger partial charge in [0.25, 0.3) is 0 Å². The van der Waals surface area contributed by atoms with Gasteiger partial charge in [0.1, 0.15) is 0 Å². The van der Waals surface area contributed by atoms with Crippen LogP contribution in [0.25, 0.3) is 0 Å². The van der Waals surface area contributed by atoms with E-state index in [1.165, 1.54) is 10.7 Å². The molecule has 0 heterocycles. The van der Waals surface area contributed by atoms with Crippen molar-refractivity contribution in [3.05, 3.63) is 0 Å². The Morgan fingerprint density at radius 1 is 0.947 bits per heavy atom. The fraction of sp³-hybridized carbons (Fsp3) is 0.600. The van der Waals surface area contributed by atoms with Gasteiger partial charge < -0.3 is 30.0 Å². The van der Waals surface area contributed by atoms with Crippen LogP contribution in [0.5, 0.6) is 0 Å². The molecule has 0 amide bonds. The molecule has 0 radical (unpaired) electrons. The van der Waals surface area contributed by atoms with Crippen molar-refractivity contribution in [2.45, 2.75) is 37.9 Å². The molecule has 2 N–H and O–H groups in total. The van der Waals surface area contributed by atoms with Gasteiger partial charge in [-0.2, -0.15) is 0 Å². The maximum absolute atomic E-state index is 9.80. The summed E-state index contributed by atoms with van der Waals surface area (Å²) in [5.41, 5.74) is 0. The number of hydrogen-bond donors (Lipinski definition) is 2. The molecule has 0 spiro atoms. The molecular formula is C10H14CaO6S2. The maximum atomic E-state index is 9.80. The summed E-state index contributed by atoms with van der Waals surface area (Å²) in [7, 11) is 0. The Hall–Kier alpha value is 0.300. The van der Waals surface area contributed by atoms with Gasteiger partial charge in [0.15, 0.2) is 0 Å². The summed E-state index contributed by atoms with van der Waals surface area (Å²) in [5, 5.41) is 39.4. The van der Waals surface area contributed by atoms with E-state index in [0.717, 1.165) is 0 Å². The topological polar surface area (TPSA) is 121 Å². The first-order valence-corrected chi connectivity index (χ1v) is 5.96. The molecule has 0 fully saturated rings. The van der Waals surface area contributed by atoms with Crippen LogP contribution in [0, 0.1) is 0 Å². The minimum absolute atomic E-state index is 0. The monoisotopic (exact) mass is 334 g/mol. The second kappa shape index (κ2) is 16.4. The average molecular weight is 334 g/mol. The molecule has 0 aromatic carbocycles. The van der Waals surface area contributed by atoms with Crippen molar-refractivity contribution in [3.8, 4) is 0 Å². The molecule has 6 nitrogen and oxygen atoms in total. The van der Waals surface area contributed by atoms with Crippen molar-refractivity contribution in [3.63, 3.8) is 0 Å². The number of aliphatic carboxylic acids is 2. The summed E-state index contributed by atoms with van der Waals surface area (Å²) >= 11 is 8.82. The van der Waals surface area contributed by atoms with Crippen LogP contribution in [-0.2, 0) is 9.59 Å². The van der Waals surface area contributed by atoms with Crippen LogP contribution >= 0.6 is 24.4 Å². The number of thiocarbonyl (C=S) groups is 2. The number of carboxylic acid groups (broad SMARTS) is 2. The molecule has 0 saturated carbocycles. The minimum Gasteiger partial charge on any atom is -0.547 e. The van der Waals surface area contributed by atoms with Crippen molar-refractivity contribution < 1.29 is 30.0 Å². The molecule has 2 atom stereocenters. The van der Waals surface area contributed by atoms with E-state index >= 15 is 0 Å². The van der Waals surface area contributed by atoms with E-state index in [9.17, 15) is 19.8 Å². The molecular weight excluding hydrogens is 320 g/mol. The molecule has 9 heteroatoms. The van der Waals surface area contributed by atoms with Gasteiger partial charge >= 0.3 is 37.7 Å². The zero-order valence-corrected chi connectivity index (χ0v) is 14.0. The third-order valence-electron chi connectivity index (χ3n) is 1.66. The summed E-state index contributed by atoms with van der Waals surface area (Å²) in [4.78, 5) is 19.6. The molecule has 0 aliphatic carbocycles. The molecule has 19 heavy (non-hydrogen) atoms. The SMILES string of the molecule is O=C([O-])C(O)CCC=S.O=C([O-])C(O)CCC=S.[Ca+2]. The van der Waals surface area contributed by atoms with E-state index in [4.69, 9.17) is 10.2 Å². The Bertz CT molecular complexity index is 259. The van der Waals surface area contributed by atoms with Gasteiger partial charge in [-0.3, -0.25) is 0 Å². The number of rotatable bonds is 8. The Labute approximate surface area is 151 Å². The standard InChI is InChI=1S/2C5H8O3S.Ca/c2*6-4(5(7)8)2-1-3-9;/h2*3-4,6H,1-2H2,(H,7,8);/q;;+2/p-2. The van der Waals surface area contributed by atoms with E-state index in [-0.39, 0.29) is 50.6 Å². The third kappa shape index (κ3) is 18.3. The van der Waals surface area contributed by atoms with E-state index in [1.807, 2.05) is 0 Å². The van der Waals surface area contributed by atoms with Crippen LogP contribution in [-0.4, -0.2) is 82.8 Å². The summed E-state index contributed by atoms with van der Waals surface area (Å²) < 4.78 is 0. The molecule has 0 bridgehead atoms. The van der Waals surface area contributed by atoms with Gasteiger partial charge in [-0.05, 0) is 36.4 Å². The minimum atomic E-state index is -1.44. The van der Waals surface area contributed by atoms with Crippen molar-refractivity contribution >= 4 is 84.8 Å². The maximum Gasteiger partial charge on any atom is 2.00 e. The number of aliphatic hydroxyl groups is 2. The smallest absolute Gasteiger partial charge is 0.547 e. The number of carbonyl (C=O) groups is 2. The van der Waals surface area contributed by atoms with E-state index in [1.54, 1.807) is 0 Å². The van der Waals surface area contributed by atoms with Crippen molar-refractivity contribution in [1.29, 1.82) is 0 Å². The van der Waals surface area contributed by atoms with Gasteiger partial charge in [0.2, 0.25) is 0 Å². The van der Waals surface area contributed by atoms with Crippen LogP contribution in [0.2, 0.25) is 0 Å². The second-order valence-corrected chi connectivity index (χ2v) is 3.82. The van der Waals surface area contributed by atoms with Crippen LogP contribution in [0.4, 0.5) is 0 Å². The molecule has 0 rings (SSSR count). The zero-order valence-electron chi connectivity index (χ0n) is 10.2. The predicted octanol–water partition coefficient (Wildman–Crippen LogP) is -2.63. The Balaban J connectivity index is -0.000000256. The zero-order chi connectivity index (χ0) is 14.6. The van der Waals surface area contributed by atoms with Crippen LogP contribution in [0.15, 0.2) is 0 Å². The summed E-state index contributed by atoms with van der Waals surface area (Å²) in [6.07, 6.45) is -1.61. The average Bonchev–Trinajstić information content (AvgIpc) is 2.33. The largest absolute Gasteiger partial charge is 2.00 e. The van der Waals surface area contributed by atoms with Crippen molar-refractivity contribution in [2.75, 3.05) is 0 Å². The number of hydrogen-bond acceptors (Lipinski definition) is 8. The van der Waals surface area contributed by atoms with Crippen molar-refractivity contribution in [2.24, 2.45) is 0 Å². The van der Waals surface area contributed by atoms with Gasteiger partial charge in [0, 0.05) is 0 Å². The fourth-order valence-corrected chi connectivity index (χ4v) is 0.960. The summed E-state index contributed by atoms with van der Waals surface area (Å²) in [6.45, 7) is 0. The van der Waals surface area contributed by atoms with Gasteiger partial charge in [0.05, 0.1) is 24.1 Å². The molecule has 0 aliphatic heterocycles.